The largest absolute Gasteiger partial charge is 0.495 e. The second kappa shape index (κ2) is 7.99. The summed E-state index contributed by atoms with van der Waals surface area (Å²) >= 11 is 5.89. The van der Waals surface area contributed by atoms with E-state index in [1.807, 2.05) is 19.0 Å². The molecule has 0 heterocycles. The minimum Gasteiger partial charge on any atom is -0.495 e. The first-order valence-corrected chi connectivity index (χ1v) is 6.39. The third kappa shape index (κ3) is 5.92. The number of carbonyl (C=O) groups is 1. The number of rotatable bonds is 7. The molecule has 0 radical (unpaired) electrons. The summed E-state index contributed by atoms with van der Waals surface area (Å²) in [4.78, 5) is 13.8. The van der Waals surface area contributed by atoms with Crippen LogP contribution in [0.25, 0.3) is 0 Å². The number of halogens is 1. The highest BCUT2D eigenvalue weighted by atomic mass is 35.5. The van der Waals surface area contributed by atoms with Crippen LogP contribution in [0.3, 0.4) is 0 Å². The van der Waals surface area contributed by atoms with E-state index < -0.39 is 0 Å². The molecule has 0 aliphatic carbocycles. The first-order valence-electron chi connectivity index (χ1n) is 6.01. The fourth-order valence-corrected chi connectivity index (χ4v) is 1.65. The predicted molar refractivity (Wildman–Crippen MR) is 78.1 cm³/mol. The molecule has 0 aliphatic rings. The summed E-state index contributed by atoms with van der Waals surface area (Å²) in [5, 5.41) is 6.38. The fourth-order valence-electron chi connectivity index (χ4n) is 1.48. The Kier molecular flexibility index (Phi) is 6.62. The fraction of sp³-hybridized carbons (Fsp3) is 0.462. The number of likely N-dealkylation sites (N-methyl/N-ethyl adjacent to an activating group) is 1. The highest BCUT2D eigenvalue weighted by Crippen LogP contribution is 2.27. The van der Waals surface area contributed by atoms with Gasteiger partial charge in [0, 0.05) is 18.1 Å². The van der Waals surface area contributed by atoms with Crippen LogP contribution in [0.15, 0.2) is 18.2 Å². The number of carbonyl (C=O) groups excluding carboxylic acids is 1. The second-order valence-electron chi connectivity index (χ2n) is 4.37. The average Bonchev–Trinajstić information content (AvgIpc) is 2.35. The molecular formula is C13H20ClN3O2. The molecule has 0 aliphatic heterocycles. The van der Waals surface area contributed by atoms with Gasteiger partial charge >= 0.3 is 0 Å². The van der Waals surface area contributed by atoms with Gasteiger partial charge in [0.1, 0.15) is 5.75 Å². The molecule has 0 fully saturated rings. The van der Waals surface area contributed by atoms with E-state index >= 15 is 0 Å². The molecule has 0 saturated heterocycles. The number of nitrogens with zero attached hydrogens (tertiary/aromatic N) is 1. The second-order valence-corrected chi connectivity index (χ2v) is 4.81. The number of anilines is 1. The van der Waals surface area contributed by atoms with Crippen molar-refractivity contribution in [2.75, 3.05) is 46.2 Å². The van der Waals surface area contributed by atoms with Crippen molar-refractivity contribution in [1.82, 2.24) is 10.2 Å². The molecule has 2 N–H and O–H groups in total. The molecule has 1 rings (SSSR count). The molecule has 0 atom stereocenters. The van der Waals surface area contributed by atoms with Crippen molar-refractivity contribution in [2.45, 2.75) is 0 Å². The van der Waals surface area contributed by atoms with Crippen LogP contribution < -0.4 is 15.4 Å². The molecule has 0 unspecified atom stereocenters. The maximum atomic E-state index is 11.8. The molecule has 0 aromatic heterocycles. The van der Waals surface area contributed by atoms with Gasteiger partial charge in [-0.1, -0.05) is 11.6 Å². The van der Waals surface area contributed by atoms with Gasteiger partial charge in [-0.2, -0.15) is 0 Å². The van der Waals surface area contributed by atoms with E-state index in [0.29, 0.717) is 16.5 Å². The Labute approximate surface area is 118 Å². The predicted octanol–water partition coefficient (Wildman–Crippen LogP) is 1.44. The van der Waals surface area contributed by atoms with Gasteiger partial charge in [-0.15, -0.1) is 0 Å². The van der Waals surface area contributed by atoms with Crippen LogP contribution in [0.4, 0.5) is 5.69 Å². The standard InChI is InChI=1S/C13H20ClN3O2/c1-17(2)7-6-15-9-13(18)16-11-8-10(14)4-5-12(11)19-3/h4-5,8,15H,6-7,9H2,1-3H3,(H,16,18). The van der Waals surface area contributed by atoms with Crippen molar-refractivity contribution in [2.24, 2.45) is 0 Å². The van der Waals surface area contributed by atoms with E-state index in [1.165, 1.54) is 0 Å². The molecule has 0 bridgehead atoms. The molecule has 5 nitrogen and oxygen atoms in total. The summed E-state index contributed by atoms with van der Waals surface area (Å²) in [5.74, 6) is 0.463. The van der Waals surface area contributed by atoms with Gasteiger partial charge in [0.2, 0.25) is 5.91 Å². The van der Waals surface area contributed by atoms with Gasteiger partial charge in [-0.25, -0.2) is 0 Å². The normalized spacial score (nSPS) is 10.6. The monoisotopic (exact) mass is 285 g/mol. The van der Waals surface area contributed by atoms with Crippen molar-refractivity contribution in [3.63, 3.8) is 0 Å². The summed E-state index contributed by atoms with van der Waals surface area (Å²) in [6, 6.07) is 5.10. The maximum absolute atomic E-state index is 11.8. The zero-order valence-corrected chi connectivity index (χ0v) is 12.3. The van der Waals surface area contributed by atoms with Crippen LogP contribution in [0, 0.1) is 0 Å². The highest BCUT2D eigenvalue weighted by Gasteiger charge is 2.07. The zero-order valence-electron chi connectivity index (χ0n) is 11.5. The van der Waals surface area contributed by atoms with Crippen LogP contribution in [0.2, 0.25) is 5.02 Å². The Bertz CT molecular complexity index is 424. The number of hydrogen-bond donors (Lipinski definition) is 2. The molecule has 106 valence electrons. The molecule has 1 aromatic rings. The minimum absolute atomic E-state index is 0.126. The summed E-state index contributed by atoms with van der Waals surface area (Å²) in [6.45, 7) is 1.89. The van der Waals surface area contributed by atoms with Gasteiger partial charge in [0.25, 0.3) is 0 Å². The lowest BCUT2D eigenvalue weighted by Crippen LogP contribution is -2.33. The number of benzene rings is 1. The summed E-state index contributed by atoms with van der Waals surface area (Å²) in [5.41, 5.74) is 0.578. The van der Waals surface area contributed by atoms with Crippen LogP contribution in [-0.4, -0.2) is 51.6 Å². The van der Waals surface area contributed by atoms with E-state index in [1.54, 1.807) is 25.3 Å². The smallest absolute Gasteiger partial charge is 0.238 e. The van der Waals surface area contributed by atoms with Crippen molar-refractivity contribution in [1.29, 1.82) is 0 Å². The van der Waals surface area contributed by atoms with Crippen LogP contribution >= 0.6 is 11.6 Å². The van der Waals surface area contributed by atoms with Gasteiger partial charge in [-0.05, 0) is 32.3 Å². The Hall–Kier alpha value is -1.30. The Balaban J connectivity index is 2.45. The van der Waals surface area contributed by atoms with E-state index in [0.717, 1.165) is 13.1 Å². The summed E-state index contributed by atoms with van der Waals surface area (Å²) < 4.78 is 5.16. The van der Waals surface area contributed by atoms with Crippen molar-refractivity contribution < 1.29 is 9.53 Å². The lowest BCUT2D eigenvalue weighted by atomic mass is 10.3. The van der Waals surface area contributed by atoms with Crippen LogP contribution in [0.5, 0.6) is 5.75 Å². The Morgan fingerprint density at radius 1 is 1.42 bits per heavy atom. The molecule has 6 heteroatoms. The van der Waals surface area contributed by atoms with Gasteiger partial charge < -0.3 is 20.3 Å². The van der Waals surface area contributed by atoms with Gasteiger partial charge in [-0.3, -0.25) is 4.79 Å². The lowest BCUT2D eigenvalue weighted by Gasteiger charge is -2.12. The summed E-state index contributed by atoms with van der Waals surface area (Å²) in [7, 11) is 5.52. The number of methoxy groups -OCH3 is 1. The van der Waals surface area contributed by atoms with Crippen molar-refractivity contribution in [3.05, 3.63) is 23.2 Å². The molecule has 1 amide bonds. The van der Waals surface area contributed by atoms with Crippen molar-refractivity contribution >= 4 is 23.2 Å². The molecule has 0 saturated carbocycles. The summed E-state index contributed by atoms with van der Waals surface area (Å²) in [6.07, 6.45) is 0. The molecule has 1 aromatic carbocycles. The maximum Gasteiger partial charge on any atom is 0.238 e. The number of amides is 1. The van der Waals surface area contributed by atoms with E-state index in [4.69, 9.17) is 16.3 Å². The quantitative estimate of drug-likeness (QED) is 0.745. The van der Waals surface area contributed by atoms with Crippen molar-refractivity contribution in [3.8, 4) is 5.75 Å². The highest BCUT2D eigenvalue weighted by molar-refractivity contribution is 6.31. The van der Waals surface area contributed by atoms with Crippen LogP contribution in [0.1, 0.15) is 0 Å². The number of hydrogen-bond acceptors (Lipinski definition) is 4. The van der Waals surface area contributed by atoms with Gasteiger partial charge in [0.15, 0.2) is 0 Å². The number of ether oxygens (including phenoxy) is 1. The van der Waals surface area contributed by atoms with Crippen LogP contribution in [-0.2, 0) is 4.79 Å². The molecule has 0 spiro atoms. The zero-order chi connectivity index (χ0) is 14.3. The Morgan fingerprint density at radius 3 is 2.79 bits per heavy atom. The first kappa shape index (κ1) is 15.8. The van der Waals surface area contributed by atoms with E-state index in [-0.39, 0.29) is 12.5 Å². The minimum atomic E-state index is -0.126. The third-order valence-corrected chi connectivity index (χ3v) is 2.69. The average molecular weight is 286 g/mol. The molecular weight excluding hydrogens is 266 g/mol. The molecule has 19 heavy (non-hydrogen) atoms. The topological polar surface area (TPSA) is 53.6 Å². The van der Waals surface area contributed by atoms with E-state index in [2.05, 4.69) is 10.6 Å². The van der Waals surface area contributed by atoms with Gasteiger partial charge in [0.05, 0.1) is 19.3 Å². The lowest BCUT2D eigenvalue weighted by molar-refractivity contribution is -0.115. The first-order chi connectivity index (χ1) is 9.02. The SMILES string of the molecule is COc1ccc(Cl)cc1NC(=O)CNCCN(C)C. The third-order valence-electron chi connectivity index (χ3n) is 2.46. The Morgan fingerprint density at radius 2 is 2.16 bits per heavy atom. The van der Waals surface area contributed by atoms with E-state index in [9.17, 15) is 4.79 Å². The number of nitrogens with one attached hydrogen (secondary N) is 2.